The summed E-state index contributed by atoms with van der Waals surface area (Å²) in [6.07, 6.45) is 28.7. The molecule has 0 fully saturated rings. The Morgan fingerprint density at radius 2 is 0.722 bits per heavy atom. The van der Waals surface area contributed by atoms with E-state index in [9.17, 15) is 8.42 Å². The van der Waals surface area contributed by atoms with Gasteiger partial charge in [-0.05, 0) is 208 Å². The van der Waals surface area contributed by atoms with Crippen molar-refractivity contribution >= 4 is 200 Å². The Morgan fingerprint density at radius 3 is 1.07 bits per heavy atom. The quantitative estimate of drug-likeness (QED) is 0.0105. The summed E-state index contributed by atoms with van der Waals surface area (Å²) < 4.78 is 51.8. The number of para-hydroxylation sites is 2. The molecule has 0 aliphatic heterocycles. The molecule has 0 radical (unpaired) electrons. The smallest absolute Gasteiger partial charge is 0.870 e. The molecule has 0 saturated heterocycles. The van der Waals surface area contributed by atoms with Crippen molar-refractivity contribution in [2.75, 3.05) is 95.0 Å². The molecule has 38 heteroatoms. The standard InChI is InChI=1S/C25H21N3O3S.C21H18IN3O2S.C19H17N3O.2C15H15N3.C6H5ClO2S.C4H5BO3.CH4.I2.K.Na.2H2O/c1-27(2)21-10-8-18(9-11-21)20-14-23-24(19-12-13-29-17-19)16-28(25(23)26-15-20)32-31-30-22-6-4-3-5-7-22;1-24(2)17-10-8-15(9-11-17)16-12-19-20(22)14-25(21(19)23-13-16)28-27-26-18-6-4-3-5-7-18;1-22(2)16-5-3-13(4-6-16)15-9-17-18(14-7-8-23-12-14)11-21-19(17)20-10-15;2*1-18(2)14-5-3-11(4-6-14)13-9-12-7-8-16-15(12)17-10-13;7-10(8,9)6-4-2-1-3-5-6;6-5(7)4-1-2-8-3-4;;1-2;;;;/h3-17H,1-2H3;3-14H,1-2H3;3-12H,1-2H3,(H,20,21);2*3-10H,1-2H3,(H,16,17);1-5H;1-3,6-7H;1H4;;;;2*1H2/q;;;;;;;;;2*+1;;/p-2. The topological polar surface area (TPSA) is 349 Å². The molecule has 0 spiro atoms. The van der Waals surface area contributed by atoms with Crippen LogP contribution in [0.1, 0.15) is 7.43 Å². The average Bonchev–Trinajstić information content (AvgIpc) is 1.62. The molecule has 28 nitrogen and oxygen atoms in total. The van der Waals surface area contributed by atoms with Crippen molar-refractivity contribution in [3.63, 3.8) is 0 Å². The average molecular weight is 2380 g/mol. The normalized spacial score (nSPS) is 10.4. The van der Waals surface area contributed by atoms with E-state index in [0.717, 1.165) is 156 Å². The van der Waals surface area contributed by atoms with E-state index in [1.165, 1.54) is 64.6 Å². The first-order chi connectivity index (χ1) is 67.4. The third kappa shape index (κ3) is 31.9. The second-order valence-corrected chi connectivity index (χ2v) is 37.0. The van der Waals surface area contributed by atoms with Crippen molar-refractivity contribution < 1.29 is 142 Å². The van der Waals surface area contributed by atoms with Gasteiger partial charge in [-0.25, -0.2) is 41.3 Å². The van der Waals surface area contributed by atoms with Gasteiger partial charge in [0.2, 0.25) is 0 Å². The zero-order chi connectivity index (χ0) is 97.9. The van der Waals surface area contributed by atoms with Crippen molar-refractivity contribution in [1.29, 1.82) is 0 Å². The molecular weight excluding hydrogens is 2280 g/mol. The molecule has 13 aromatic heterocycles. The minimum atomic E-state index is -3.53. The molecule has 0 aliphatic rings. The fraction of sp³-hybridized carbons (Fsp3) is 0.104. The van der Waals surface area contributed by atoms with Gasteiger partial charge in [-0.3, -0.25) is 0 Å². The van der Waals surface area contributed by atoms with Crippen LogP contribution in [-0.2, 0) is 17.7 Å². The van der Waals surface area contributed by atoms with Gasteiger partial charge in [0.1, 0.15) is 16.9 Å². The van der Waals surface area contributed by atoms with Crippen LogP contribution in [0.15, 0.2) is 391 Å². The van der Waals surface area contributed by atoms with Crippen LogP contribution in [-0.4, -0.2) is 155 Å². The van der Waals surface area contributed by atoms with Crippen LogP contribution < -0.4 is 121 Å². The zero-order valence-corrected chi connectivity index (χ0v) is 94.7. The van der Waals surface area contributed by atoms with Crippen molar-refractivity contribution in [3.05, 3.63) is 376 Å². The van der Waals surface area contributed by atoms with Crippen molar-refractivity contribution in [3.8, 4) is 89.4 Å². The van der Waals surface area contributed by atoms with Crippen LogP contribution in [0.25, 0.3) is 133 Å². The Bertz CT molecular complexity index is 7430. The Labute approximate surface area is 951 Å². The Kier molecular flexibility index (Phi) is 46.5. The van der Waals surface area contributed by atoms with Gasteiger partial charge in [0.05, 0.1) is 42.5 Å². The molecule has 13 heterocycles. The van der Waals surface area contributed by atoms with Crippen LogP contribution >= 0.6 is 95.0 Å². The fourth-order valence-corrected chi connectivity index (χ4v) is 16.8. The summed E-state index contributed by atoms with van der Waals surface area (Å²) in [5, 5.41) is 22.3. The monoisotopic (exact) mass is 2380 g/mol. The Balaban J connectivity index is 0.000000192. The summed E-state index contributed by atoms with van der Waals surface area (Å²) in [5.41, 5.74) is 26.1. The SMILES string of the molecule is C.CN(C)c1ccc(-c2cnc3[nH]cc(-c4ccoc4)c3c2)cc1.CN(C)c1ccc(-c2cnc3[nH]ccc3c2)cc1.CN(C)c1ccc(-c2cnc3[nH]ccc3c2)cc1.CN(C)c1ccc(-c2cnc3c(c2)c(-c2ccoc2)cn3SOOc2ccccc2)cc1.CN(C)c1ccc(-c2cnc3c(c2)c(I)cn3SOOc2ccccc2)cc1.II.O=S(=O)(Cl)c1ccccc1.OB(O)c1ccoc1.[K+].[Na+].[OH-].[OH-]. The number of hydrogen-bond acceptors (Lipinski definition) is 25. The molecule has 0 aliphatic carbocycles. The summed E-state index contributed by atoms with van der Waals surface area (Å²) in [5.74, 6) is 1.28. The summed E-state index contributed by atoms with van der Waals surface area (Å²) in [7, 11) is 20.5. The number of nitrogens with one attached hydrogen (secondary N) is 3. The number of nitrogens with zero attached hydrogens (tertiary/aromatic N) is 12. The van der Waals surface area contributed by atoms with E-state index < -0.39 is 16.2 Å². The second-order valence-electron chi connectivity index (χ2n) is 32.0. The second kappa shape index (κ2) is 57.4. The molecule has 730 valence electrons. The number of benzene rings is 8. The first-order valence-corrected chi connectivity index (χ1v) is 54.1. The molecule has 144 heavy (non-hydrogen) atoms. The van der Waals surface area contributed by atoms with Gasteiger partial charge < -0.3 is 83.5 Å². The summed E-state index contributed by atoms with van der Waals surface area (Å²) in [6, 6.07) is 89.3. The maximum atomic E-state index is 10.6. The number of rotatable bonds is 22. The molecule has 0 atom stereocenters. The summed E-state index contributed by atoms with van der Waals surface area (Å²) in [6.45, 7) is 0. The van der Waals surface area contributed by atoms with Gasteiger partial charge in [0.25, 0.3) is 9.05 Å². The fourth-order valence-electron chi connectivity index (χ4n) is 14.1. The van der Waals surface area contributed by atoms with Gasteiger partial charge in [0.15, 0.2) is 47.3 Å². The number of halogens is 4. The molecular formula is C106H102BClI3KN15NaO13S3. The largest absolute Gasteiger partial charge is 1.00 e. The minimum Gasteiger partial charge on any atom is -0.870 e. The maximum Gasteiger partial charge on any atom is 1.00 e. The molecule has 21 aromatic rings. The number of pyridine rings is 5. The predicted octanol–water partition coefficient (Wildman–Crippen LogP) is 20.0. The number of aromatic nitrogens is 10. The van der Waals surface area contributed by atoms with E-state index in [-0.39, 0.29) is 104 Å². The maximum absolute atomic E-state index is 10.6. The number of fused-ring (bicyclic) bond motifs is 5. The van der Waals surface area contributed by atoms with Gasteiger partial charge in [0, 0.05) is 295 Å². The van der Waals surface area contributed by atoms with Crippen molar-refractivity contribution in [1.82, 2.24) is 47.8 Å². The number of H-pyrrole nitrogens is 3. The van der Waals surface area contributed by atoms with Crippen LogP contribution in [0, 0.1) is 3.57 Å². The molecule has 0 unspecified atom stereocenters. The van der Waals surface area contributed by atoms with E-state index in [1.54, 1.807) is 43.3 Å². The van der Waals surface area contributed by atoms with Crippen molar-refractivity contribution in [2.45, 2.75) is 12.3 Å². The Hall–Kier alpha value is -10.8. The van der Waals surface area contributed by atoms with Crippen LogP contribution in [0.5, 0.6) is 11.5 Å². The first kappa shape index (κ1) is 117. The minimum absolute atomic E-state index is 0. The van der Waals surface area contributed by atoms with E-state index in [4.69, 9.17) is 53.0 Å². The van der Waals surface area contributed by atoms with Crippen LogP contribution in [0.3, 0.4) is 0 Å². The molecule has 0 amide bonds. The van der Waals surface area contributed by atoms with Gasteiger partial charge in [-0.1, -0.05) is 131 Å². The number of furan rings is 3. The zero-order valence-electron chi connectivity index (χ0n) is 79.9. The third-order valence-corrected chi connectivity index (χ3v) is 25.0. The van der Waals surface area contributed by atoms with E-state index >= 15 is 0 Å². The van der Waals surface area contributed by atoms with Crippen LogP contribution in [0.2, 0.25) is 0 Å². The first-order valence-electron chi connectivity index (χ1n) is 43.0. The summed E-state index contributed by atoms with van der Waals surface area (Å²) >= 11 is 8.71. The Morgan fingerprint density at radius 1 is 0.389 bits per heavy atom. The predicted molar refractivity (Wildman–Crippen MR) is 604 cm³/mol. The number of hydrogen-bond donors (Lipinski definition) is 5. The molecule has 7 N–H and O–H groups in total. The van der Waals surface area contributed by atoms with Crippen LogP contribution in [0.4, 0.5) is 28.4 Å². The van der Waals surface area contributed by atoms with Gasteiger partial charge in [-0.15, -0.1) is 0 Å². The van der Waals surface area contributed by atoms with E-state index in [0.29, 0.717) is 17.0 Å². The van der Waals surface area contributed by atoms with Crippen molar-refractivity contribution in [2.24, 2.45) is 0 Å². The molecule has 0 bridgehead atoms. The molecule has 0 saturated carbocycles. The molecule has 21 rings (SSSR count). The number of aromatic amines is 3. The third-order valence-electron chi connectivity index (χ3n) is 21.6. The van der Waals surface area contributed by atoms with Gasteiger partial charge in [-0.2, -0.15) is 0 Å². The summed E-state index contributed by atoms with van der Waals surface area (Å²) in [4.78, 5) is 53.4. The van der Waals surface area contributed by atoms with E-state index in [2.05, 4.69) is 275 Å². The van der Waals surface area contributed by atoms with Gasteiger partial charge >= 0.3 is 88.1 Å². The number of anilines is 5. The molecule has 8 aromatic carbocycles. The van der Waals surface area contributed by atoms with E-state index in [1.807, 2.05) is 225 Å².